The van der Waals surface area contributed by atoms with Crippen LogP contribution < -0.4 is 0 Å². The molecule has 3 aromatic rings. The Morgan fingerprint density at radius 2 is 2.05 bits per heavy atom. The number of rotatable bonds is 1. The summed E-state index contributed by atoms with van der Waals surface area (Å²) < 4.78 is 2.00. The third kappa shape index (κ3) is 1.78. The molecule has 1 aromatic carbocycles. The minimum Gasteiger partial charge on any atom is -0.342 e. The van der Waals surface area contributed by atoms with Gasteiger partial charge in [0.15, 0.2) is 0 Å². The second kappa shape index (κ2) is 4.42. The van der Waals surface area contributed by atoms with E-state index in [2.05, 4.69) is 11.1 Å². The number of benzene rings is 1. The number of halogens is 1. The monoisotopic (exact) mass is 267 g/mol. The zero-order chi connectivity index (χ0) is 13.4. The minimum absolute atomic E-state index is 0.562. The van der Waals surface area contributed by atoms with Gasteiger partial charge in [0, 0.05) is 35.9 Å². The molecule has 2 heterocycles. The van der Waals surface area contributed by atoms with Gasteiger partial charge in [0.05, 0.1) is 16.3 Å². The van der Waals surface area contributed by atoms with Crippen LogP contribution in [0.25, 0.3) is 22.2 Å². The molecule has 4 heteroatoms. The first kappa shape index (κ1) is 11.8. The first-order valence-electron chi connectivity index (χ1n) is 5.81. The molecule has 0 aliphatic heterocycles. The molecule has 0 amide bonds. The highest BCUT2D eigenvalue weighted by molar-refractivity contribution is 6.30. The van der Waals surface area contributed by atoms with Gasteiger partial charge in [-0.05, 0) is 12.1 Å². The molecule has 0 N–H and O–H groups in total. The quantitative estimate of drug-likeness (QED) is 0.673. The van der Waals surface area contributed by atoms with Crippen LogP contribution in [0, 0.1) is 11.3 Å². The van der Waals surface area contributed by atoms with Crippen molar-refractivity contribution in [3.8, 4) is 17.3 Å². The average Bonchev–Trinajstić information content (AvgIpc) is 2.72. The topological polar surface area (TPSA) is 41.6 Å². The van der Waals surface area contributed by atoms with Crippen LogP contribution in [-0.2, 0) is 7.05 Å². The predicted octanol–water partition coefficient (Wildman–Crippen LogP) is 3.77. The van der Waals surface area contributed by atoms with Crippen LogP contribution in [0.5, 0.6) is 0 Å². The van der Waals surface area contributed by atoms with E-state index in [4.69, 9.17) is 11.6 Å². The lowest BCUT2D eigenvalue weighted by molar-refractivity contribution is 0.975. The second-order valence-corrected chi connectivity index (χ2v) is 4.74. The molecule has 0 saturated carbocycles. The van der Waals surface area contributed by atoms with Gasteiger partial charge in [-0.1, -0.05) is 29.8 Å². The highest BCUT2D eigenvalue weighted by Gasteiger charge is 2.16. The van der Waals surface area contributed by atoms with Crippen LogP contribution >= 0.6 is 11.6 Å². The fraction of sp³-hybridized carbons (Fsp3) is 0.0667. The maximum absolute atomic E-state index is 9.44. The largest absolute Gasteiger partial charge is 0.342 e. The Morgan fingerprint density at radius 3 is 2.79 bits per heavy atom. The van der Waals surface area contributed by atoms with Gasteiger partial charge >= 0.3 is 0 Å². The molecule has 3 nitrogen and oxygen atoms in total. The van der Waals surface area contributed by atoms with Gasteiger partial charge in [-0.2, -0.15) is 5.26 Å². The predicted molar refractivity (Wildman–Crippen MR) is 75.9 cm³/mol. The first-order valence-corrected chi connectivity index (χ1v) is 6.18. The zero-order valence-corrected chi connectivity index (χ0v) is 11.0. The molecule has 0 saturated heterocycles. The molecule has 19 heavy (non-hydrogen) atoms. The van der Waals surface area contributed by atoms with E-state index in [1.54, 1.807) is 12.4 Å². The molecule has 0 unspecified atom stereocenters. The summed E-state index contributed by atoms with van der Waals surface area (Å²) in [6.45, 7) is 0. The van der Waals surface area contributed by atoms with E-state index in [1.165, 1.54) is 0 Å². The van der Waals surface area contributed by atoms with Gasteiger partial charge in [-0.25, -0.2) is 0 Å². The molecule has 0 fully saturated rings. The molecule has 2 aromatic heterocycles. The average molecular weight is 268 g/mol. The smallest absolute Gasteiger partial charge is 0.102 e. The van der Waals surface area contributed by atoms with E-state index >= 15 is 0 Å². The molecular weight excluding hydrogens is 258 g/mol. The maximum atomic E-state index is 9.44. The van der Waals surface area contributed by atoms with Crippen molar-refractivity contribution in [1.82, 2.24) is 9.55 Å². The number of aromatic nitrogens is 2. The Labute approximate surface area is 115 Å². The number of hydrogen-bond acceptors (Lipinski definition) is 2. The summed E-state index contributed by atoms with van der Waals surface area (Å²) in [4.78, 5) is 4.09. The number of pyridine rings is 1. The normalized spacial score (nSPS) is 10.6. The van der Waals surface area contributed by atoms with Crippen LogP contribution in [0.3, 0.4) is 0 Å². The van der Waals surface area contributed by atoms with E-state index in [1.807, 2.05) is 41.9 Å². The molecule has 0 spiro atoms. The molecule has 3 rings (SSSR count). The van der Waals surface area contributed by atoms with Crippen LogP contribution in [0.1, 0.15) is 5.56 Å². The molecule has 0 aliphatic carbocycles. The zero-order valence-electron chi connectivity index (χ0n) is 10.3. The van der Waals surface area contributed by atoms with E-state index in [9.17, 15) is 5.26 Å². The van der Waals surface area contributed by atoms with Crippen LogP contribution in [-0.4, -0.2) is 9.55 Å². The van der Waals surface area contributed by atoms with Gasteiger partial charge in [0.1, 0.15) is 6.07 Å². The third-order valence-corrected chi connectivity index (χ3v) is 3.40. The summed E-state index contributed by atoms with van der Waals surface area (Å²) in [7, 11) is 1.94. The fourth-order valence-corrected chi connectivity index (χ4v) is 2.56. The van der Waals surface area contributed by atoms with Crippen molar-refractivity contribution < 1.29 is 0 Å². The Balaban J connectivity index is 2.42. The molecule has 0 bridgehead atoms. The standard InChI is InChI=1S/C15H10ClN3/c1-19-14-5-3-2-4-12(14)13(7-17)15(19)10-6-11(16)9-18-8-10/h2-6,8-9H,1H3. The molecule has 92 valence electrons. The lowest BCUT2D eigenvalue weighted by atomic mass is 10.1. The Bertz CT molecular complexity index is 812. The summed E-state index contributed by atoms with van der Waals surface area (Å²) in [6, 6.07) is 12.0. The lowest BCUT2D eigenvalue weighted by Gasteiger charge is -2.05. The van der Waals surface area contributed by atoms with E-state index in [0.717, 1.165) is 22.2 Å². The number of hydrogen-bond donors (Lipinski definition) is 0. The van der Waals surface area contributed by atoms with Crippen LogP contribution in [0.4, 0.5) is 0 Å². The summed E-state index contributed by atoms with van der Waals surface area (Å²) in [6.07, 6.45) is 3.31. The van der Waals surface area contributed by atoms with E-state index in [-0.39, 0.29) is 0 Å². The highest BCUT2D eigenvalue weighted by Crippen LogP contribution is 2.32. The van der Waals surface area contributed by atoms with Crippen molar-refractivity contribution >= 4 is 22.5 Å². The lowest BCUT2D eigenvalue weighted by Crippen LogP contribution is -1.93. The number of nitrogens with zero attached hydrogens (tertiary/aromatic N) is 3. The van der Waals surface area contributed by atoms with Crippen molar-refractivity contribution in [2.45, 2.75) is 0 Å². The Kier molecular flexibility index (Phi) is 2.73. The van der Waals surface area contributed by atoms with Crippen LogP contribution in [0.15, 0.2) is 42.7 Å². The fourth-order valence-electron chi connectivity index (χ4n) is 2.39. The first-order chi connectivity index (χ1) is 9.22. The highest BCUT2D eigenvalue weighted by atomic mass is 35.5. The number of para-hydroxylation sites is 1. The Morgan fingerprint density at radius 1 is 1.26 bits per heavy atom. The molecule has 0 radical (unpaired) electrons. The van der Waals surface area contributed by atoms with Crippen molar-refractivity contribution in [2.24, 2.45) is 7.05 Å². The van der Waals surface area contributed by atoms with E-state index < -0.39 is 0 Å². The maximum Gasteiger partial charge on any atom is 0.102 e. The summed E-state index contributed by atoms with van der Waals surface area (Å²) >= 11 is 5.99. The van der Waals surface area contributed by atoms with Gasteiger partial charge < -0.3 is 4.57 Å². The van der Waals surface area contributed by atoms with Gasteiger partial charge in [0.25, 0.3) is 0 Å². The summed E-state index contributed by atoms with van der Waals surface area (Å²) in [5, 5.41) is 11.0. The van der Waals surface area contributed by atoms with Gasteiger partial charge in [0.2, 0.25) is 0 Å². The third-order valence-electron chi connectivity index (χ3n) is 3.20. The Hall–Kier alpha value is -2.31. The molecular formula is C15H10ClN3. The number of fused-ring (bicyclic) bond motifs is 1. The minimum atomic E-state index is 0.562. The number of nitriles is 1. The van der Waals surface area contributed by atoms with Crippen molar-refractivity contribution in [3.63, 3.8) is 0 Å². The van der Waals surface area contributed by atoms with Gasteiger partial charge in [-0.15, -0.1) is 0 Å². The van der Waals surface area contributed by atoms with Crippen LogP contribution in [0.2, 0.25) is 5.02 Å². The second-order valence-electron chi connectivity index (χ2n) is 4.30. The van der Waals surface area contributed by atoms with Gasteiger partial charge in [-0.3, -0.25) is 4.98 Å². The SMILES string of the molecule is Cn1c(-c2cncc(Cl)c2)c(C#N)c2ccccc21. The molecule has 0 aliphatic rings. The number of aryl methyl sites for hydroxylation is 1. The summed E-state index contributed by atoms with van der Waals surface area (Å²) in [5.41, 5.74) is 3.37. The van der Waals surface area contributed by atoms with Crippen molar-refractivity contribution in [2.75, 3.05) is 0 Å². The molecule has 0 atom stereocenters. The van der Waals surface area contributed by atoms with E-state index in [0.29, 0.717) is 10.6 Å². The van der Waals surface area contributed by atoms with Crippen molar-refractivity contribution in [3.05, 3.63) is 53.3 Å². The van der Waals surface area contributed by atoms with Crippen molar-refractivity contribution in [1.29, 1.82) is 5.26 Å². The summed E-state index contributed by atoms with van der Waals surface area (Å²) in [5.74, 6) is 0.